The smallest absolute Gasteiger partial charge is 0.153 e. The van der Waals surface area contributed by atoms with Crippen LogP contribution in [0.5, 0.6) is 0 Å². The summed E-state index contributed by atoms with van der Waals surface area (Å²) in [7, 11) is -2.33. The molecule has 55 valence electrons. The largest absolute Gasteiger partial charge is 0.396 e. The molecule has 9 heavy (non-hydrogen) atoms. The minimum atomic E-state index is -2.33. The van der Waals surface area contributed by atoms with E-state index >= 15 is 0 Å². The Bertz CT molecular complexity index is 115. The summed E-state index contributed by atoms with van der Waals surface area (Å²) in [4.78, 5) is 0. The minimum Gasteiger partial charge on any atom is -0.396 e. The van der Waals surface area contributed by atoms with Crippen LogP contribution in [0.25, 0.3) is 0 Å². The normalized spacial score (nSPS) is 10.4. The predicted octanol–water partition coefficient (Wildman–Crippen LogP) is -1.66. The lowest BCUT2D eigenvalue weighted by molar-refractivity contribution is 0.324. The zero-order valence-electron chi connectivity index (χ0n) is 4.91. The first-order valence-corrected chi connectivity index (χ1v) is 3.88. The van der Waals surface area contributed by atoms with Crippen LogP contribution in [0.1, 0.15) is 0 Å². The van der Waals surface area contributed by atoms with Crippen LogP contribution in [0.15, 0.2) is 0 Å². The Balaban J connectivity index is 2.92. The van der Waals surface area contributed by atoms with Crippen LogP contribution in [0.2, 0.25) is 0 Å². The summed E-state index contributed by atoms with van der Waals surface area (Å²) < 4.78 is 19.7. The molecule has 0 heterocycles. The van der Waals surface area contributed by atoms with Gasteiger partial charge in [-0.3, -0.25) is 0 Å². The lowest BCUT2D eigenvalue weighted by atomic mass is 10.5. The molecule has 0 aromatic carbocycles. The molecule has 0 aliphatic heterocycles. The molecule has 0 amide bonds. The van der Waals surface area contributed by atoms with Crippen molar-refractivity contribution in [3.05, 3.63) is 6.42 Å². The Labute approximate surface area is 55.8 Å². The van der Waals surface area contributed by atoms with Gasteiger partial charge < -0.3 is 10.4 Å². The Hall–Kier alpha value is -0.130. The first kappa shape index (κ1) is 8.87. The molecule has 0 spiro atoms. The molecule has 0 aromatic rings. The Morgan fingerprint density at radius 3 is 2.67 bits per heavy atom. The molecule has 0 unspecified atom stereocenters. The van der Waals surface area contributed by atoms with Crippen molar-refractivity contribution in [1.29, 1.82) is 0 Å². The van der Waals surface area contributed by atoms with Crippen LogP contribution in [0, 0.1) is 6.42 Å². The van der Waals surface area contributed by atoms with Crippen LogP contribution in [-0.4, -0.2) is 32.6 Å². The third kappa shape index (κ3) is 7.87. The highest BCUT2D eigenvalue weighted by atomic mass is 32.2. The highest BCUT2D eigenvalue weighted by Gasteiger charge is 1.85. The number of thiol groups is 1. The molecule has 4 nitrogen and oxygen atoms in total. The predicted molar refractivity (Wildman–Crippen MR) is 34.6 cm³/mol. The summed E-state index contributed by atoms with van der Waals surface area (Å²) in [5, 5.41) is 10.8. The first-order chi connectivity index (χ1) is 4.27. The summed E-state index contributed by atoms with van der Waals surface area (Å²) in [6.07, 6.45) is 1.54. The van der Waals surface area contributed by atoms with Crippen molar-refractivity contribution in [2.45, 2.75) is 0 Å². The van der Waals surface area contributed by atoms with Crippen LogP contribution < -0.4 is 5.32 Å². The van der Waals surface area contributed by atoms with Crippen molar-refractivity contribution in [2.24, 2.45) is 0 Å². The average molecular weight is 152 g/mol. The highest BCUT2D eigenvalue weighted by Crippen LogP contribution is 1.68. The monoisotopic (exact) mass is 152 g/mol. The molecule has 0 aliphatic carbocycles. The summed E-state index contributed by atoms with van der Waals surface area (Å²) in [6.45, 7) is 0.405. The molecule has 0 aliphatic rings. The van der Waals surface area contributed by atoms with Crippen molar-refractivity contribution in [2.75, 3.05) is 19.0 Å². The Morgan fingerprint density at radius 1 is 1.56 bits per heavy atom. The third-order valence-corrected chi connectivity index (χ3v) is 1.14. The molecule has 2 N–H and O–H groups in total. The lowest BCUT2D eigenvalue weighted by Crippen LogP contribution is -2.18. The van der Waals surface area contributed by atoms with Crippen molar-refractivity contribution >= 4 is 10.7 Å². The van der Waals surface area contributed by atoms with E-state index in [9.17, 15) is 8.42 Å². The zero-order chi connectivity index (χ0) is 7.11. The summed E-state index contributed by atoms with van der Waals surface area (Å²) >= 11 is 0. The maximum absolute atomic E-state index is 9.86. The fourth-order valence-corrected chi connectivity index (χ4v) is 0.634. The van der Waals surface area contributed by atoms with Crippen molar-refractivity contribution in [3.8, 4) is 0 Å². The van der Waals surface area contributed by atoms with E-state index in [0.29, 0.717) is 6.54 Å². The van der Waals surface area contributed by atoms with Gasteiger partial charge in [0.05, 0.1) is 5.88 Å². The summed E-state index contributed by atoms with van der Waals surface area (Å²) in [5.41, 5.74) is 0. The minimum absolute atomic E-state index is 0.0220. The van der Waals surface area contributed by atoms with Crippen molar-refractivity contribution in [1.82, 2.24) is 5.32 Å². The molecule has 0 aromatic heterocycles. The Morgan fingerprint density at radius 2 is 2.22 bits per heavy atom. The number of aliphatic hydroxyl groups excluding tert-OH is 1. The van der Waals surface area contributed by atoms with Gasteiger partial charge in [-0.25, -0.2) is 8.42 Å². The Kier molecular flexibility index (Phi) is 5.91. The quantitative estimate of drug-likeness (QED) is 0.326. The standard InChI is InChI=1S/C4H10NO3S/c6-3-1-2-5-4-9(7)8/h1,5-6,9H,2-4H2. The topological polar surface area (TPSA) is 66.4 Å². The second-order valence-corrected chi connectivity index (χ2v) is 2.40. The van der Waals surface area contributed by atoms with Gasteiger partial charge in [-0.15, -0.1) is 0 Å². The van der Waals surface area contributed by atoms with Crippen LogP contribution in [-0.2, 0) is 10.7 Å². The van der Waals surface area contributed by atoms with Gasteiger partial charge in [-0.05, 0) is 0 Å². The number of rotatable bonds is 5. The van der Waals surface area contributed by atoms with Gasteiger partial charge in [-0.1, -0.05) is 0 Å². The number of aliphatic hydroxyl groups is 1. The average Bonchev–Trinajstić information content (AvgIpc) is 1.80. The molecule has 0 saturated heterocycles. The highest BCUT2D eigenvalue weighted by molar-refractivity contribution is 7.72. The second-order valence-electron chi connectivity index (χ2n) is 1.42. The fraction of sp³-hybridized carbons (Fsp3) is 0.750. The molecule has 0 saturated carbocycles. The second kappa shape index (κ2) is 6.00. The van der Waals surface area contributed by atoms with Crippen LogP contribution in [0.3, 0.4) is 0 Å². The molecular formula is C4H10NO3S. The van der Waals surface area contributed by atoms with E-state index in [2.05, 4.69) is 5.32 Å². The van der Waals surface area contributed by atoms with E-state index in [-0.39, 0.29) is 12.5 Å². The van der Waals surface area contributed by atoms with Gasteiger partial charge in [0.15, 0.2) is 10.7 Å². The zero-order valence-corrected chi connectivity index (χ0v) is 5.80. The molecule has 0 bridgehead atoms. The number of hydrogen-bond acceptors (Lipinski definition) is 4. The van der Waals surface area contributed by atoms with Crippen molar-refractivity contribution in [3.63, 3.8) is 0 Å². The van der Waals surface area contributed by atoms with Gasteiger partial charge in [0.25, 0.3) is 0 Å². The van der Waals surface area contributed by atoms with Crippen LogP contribution in [0.4, 0.5) is 0 Å². The van der Waals surface area contributed by atoms with Gasteiger partial charge in [0.1, 0.15) is 0 Å². The molecule has 0 fully saturated rings. The maximum Gasteiger partial charge on any atom is 0.153 e. The van der Waals surface area contributed by atoms with Crippen LogP contribution >= 0.6 is 0 Å². The van der Waals surface area contributed by atoms with E-state index < -0.39 is 10.7 Å². The van der Waals surface area contributed by atoms with E-state index in [1.807, 2.05) is 0 Å². The molecule has 0 atom stereocenters. The number of nitrogens with one attached hydrogen (secondary N) is 1. The van der Waals surface area contributed by atoms with Gasteiger partial charge in [0, 0.05) is 19.6 Å². The van der Waals surface area contributed by atoms with Gasteiger partial charge in [-0.2, -0.15) is 0 Å². The van der Waals surface area contributed by atoms with E-state index in [4.69, 9.17) is 5.11 Å². The number of hydrogen-bond donors (Lipinski definition) is 3. The molecule has 5 heteroatoms. The first-order valence-electron chi connectivity index (χ1n) is 2.52. The van der Waals surface area contributed by atoms with E-state index in [0.717, 1.165) is 0 Å². The summed E-state index contributed by atoms with van der Waals surface area (Å²) in [6, 6.07) is 0. The summed E-state index contributed by atoms with van der Waals surface area (Å²) in [5.74, 6) is -0.0220. The SMILES string of the molecule is O=[SH](=O)CNC[CH]CO. The molecule has 1 radical (unpaired) electrons. The van der Waals surface area contributed by atoms with Gasteiger partial charge >= 0.3 is 0 Å². The van der Waals surface area contributed by atoms with Crippen molar-refractivity contribution < 1.29 is 13.5 Å². The third-order valence-electron chi connectivity index (χ3n) is 0.659. The van der Waals surface area contributed by atoms with Gasteiger partial charge in [0.2, 0.25) is 0 Å². The molecular weight excluding hydrogens is 142 g/mol. The molecule has 0 rings (SSSR count). The maximum atomic E-state index is 9.86. The fourth-order valence-electron chi connectivity index (χ4n) is 0.322. The lowest BCUT2D eigenvalue weighted by Gasteiger charge is -1.94. The van der Waals surface area contributed by atoms with E-state index in [1.165, 1.54) is 0 Å². The van der Waals surface area contributed by atoms with E-state index in [1.54, 1.807) is 6.42 Å².